The van der Waals surface area contributed by atoms with E-state index in [2.05, 4.69) is 21.2 Å². The normalized spacial score (nSPS) is 11.3. The molecule has 2 aromatic carbocycles. The molecular weight excluding hydrogens is 390 g/mol. The smallest absolute Gasteiger partial charge is 0.347 e. The lowest BCUT2D eigenvalue weighted by molar-refractivity contribution is -0.153. The second-order valence-electron chi connectivity index (χ2n) is 5.10. The van der Waals surface area contributed by atoms with E-state index in [4.69, 9.17) is 14.2 Å². The highest BCUT2D eigenvalue weighted by atomic mass is 79.9. The monoisotopic (exact) mass is 407 g/mol. The van der Waals surface area contributed by atoms with Gasteiger partial charge >= 0.3 is 5.97 Å². The van der Waals surface area contributed by atoms with Crippen molar-refractivity contribution in [1.82, 2.24) is 0 Å². The molecule has 1 N–H and O–H groups in total. The molecule has 0 radical (unpaired) electrons. The molecule has 0 saturated carbocycles. The van der Waals surface area contributed by atoms with Gasteiger partial charge in [0.15, 0.2) is 12.7 Å². The van der Waals surface area contributed by atoms with Crippen LogP contribution in [0.4, 0.5) is 5.69 Å². The maximum Gasteiger partial charge on any atom is 0.347 e. The number of nitrogens with one attached hydrogen (secondary N) is 1. The molecule has 0 fully saturated rings. The van der Waals surface area contributed by atoms with Crippen LogP contribution in [0.5, 0.6) is 11.5 Å². The standard InChI is InChI=1S/C18H18BrNO5/c1-12(25-16-7-3-13(19)4-8-16)18(22)24-11-17(21)20-14-5-9-15(23-2)10-6-14/h3-10,12H,11H2,1-2H3,(H,20,21). The number of carbonyl (C=O) groups excluding carboxylic acids is 2. The molecule has 25 heavy (non-hydrogen) atoms. The Morgan fingerprint density at radius 1 is 1.04 bits per heavy atom. The van der Waals surface area contributed by atoms with Crippen LogP contribution in [0.3, 0.4) is 0 Å². The zero-order valence-electron chi connectivity index (χ0n) is 13.8. The number of halogens is 1. The summed E-state index contributed by atoms with van der Waals surface area (Å²) in [7, 11) is 1.56. The van der Waals surface area contributed by atoms with Gasteiger partial charge in [0.2, 0.25) is 0 Å². The average molecular weight is 408 g/mol. The van der Waals surface area contributed by atoms with E-state index in [9.17, 15) is 9.59 Å². The summed E-state index contributed by atoms with van der Waals surface area (Å²) < 4.78 is 16.4. The molecule has 1 amide bonds. The number of amides is 1. The van der Waals surface area contributed by atoms with Gasteiger partial charge in [-0.05, 0) is 55.5 Å². The van der Waals surface area contributed by atoms with Crippen LogP contribution >= 0.6 is 15.9 Å². The minimum Gasteiger partial charge on any atom is -0.497 e. The summed E-state index contributed by atoms with van der Waals surface area (Å²) in [6, 6.07) is 13.9. The van der Waals surface area contributed by atoms with Crippen LogP contribution < -0.4 is 14.8 Å². The van der Waals surface area contributed by atoms with Crippen molar-refractivity contribution in [2.24, 2.45) is 0 Å². The van der Waals surface area contributed by atoms with Gasteiger partial charge in [-0.15, -0.1) is 0 Å². The largest absolute Gasteiger partial charge is 0.497 e. The Labute approximate surface area is 154 Å². The molecule has 1 unspecified atom stereocenters. The van der Waals surface area contributed by atoms with Crippen LogP contribution in [0.2, 0.25) is 0 Å². The minimum atomic E-state index is -0.824. The number of ether oxygens (including phenoxy) is 3. The molecule has 0 aliphatic heterocycles. The van der Waals surface area contributed by atoms with Crippen LogP contribution in [0, 0.1) is 0 Å². The summed E-state index contributed by atoms with van der Waals surface area (Å²) in [5, 5.41) is 2.63. The Hall–Kier alpha value is -2.54. The molecule has 1 atom stereocenters. The Kier molecular flexibility index (Phi) is 6.82. The fourth-order valence-electron chi connectivity index (χ4n) is 1.89. The highest BCUT2D eigenvalue weighted by Crippen LogP contribution is 2.18. The summed E-state index contributed by atoms with van der Waals surface area (Å²) in [5.74, 6) is 0.167. The highest BCUT2D eigenvalue weighted by Gasteiger charge is 2.17. The summed E-state index contributed by atoms with van der Waals surface area (Å²) in [4.78, 5) is 23.7. The third kappa shape index (κ3) is 6.11. The Bertz CT molecular complexity index is 715. The second kappa shape index (κ2) is 9.08. The molecule has 0 aliphatic rings. The van der Waals surface area contributed by atoms with Gasteiger partial charge < -0.3 is 19.5 Å². The number of anilines is 1. The first-order chi connectivity index (χ1) is 12.0. The van der Waals surface area contributed by atoms with E-state index >= 15 is 0 Å². The van der Waals surface area contributed by atoms with E-state index in [-0.39, 0.29) is 6.61 Å². The number of benzene rings is 2. The number of methoxy groups -OCH3 is 1. The first-order valence-electron chi connectivity index (χ1n) is 7.50. The second-order valence-corrected chi connectivity index (χ2v) is 6.01. The van der Waals surface area contributed by atoms with Crippen LogP contribution in [-0.4, -0.2) is 31.7 Å². The van der Waals surface area contributed by atoms with E-state index in [1.54, 1.807) is 62.6 Å². The highest BCUT2D eigenvalue weighted by molar-refractivity contribution is 9.10. The summed E-state index contributed by atoms with van der Waals surface area (Å²) in [5.41, 5.74) is 0.584. The predicted molar refractivity (Wildman–Crippen MR) is 96.8 cm³/mol. The van der Waals surface area contributed by atoms with Gasteiger partial charge in [-0.1, -0.05) is 15.9 Å². The van der Waals surface area contributed by atoms with Gasteiger partial charge in [0, 0.05) is 10.2 Å². The summed E-state index contributed by atoms with van der Waals surface area (Å²) in [6.45, 7) is 1.17. The van der Waals surface area contributed by atoms with Crippen molar-refractivity contribution in [2.45, 2.75) is 13.0 Å². The van der Waals surface area contributed by atoms with Gasteiger partial charge in [0.25, 0.3) is 5.91 Å². The summed E-state index contributed by atoms with van der Waals surface area (Å²) in [6.07, 6.45) is -0.824. The fraction of sp³-hybridized carbons (Fsp3) is 0.222. The van der Waals surface area contributed by atoms with E-state index < -0.39 is 18.0 Å². The lowest BCUT2D eigenvalue weighted by Crippen LogP contribution is -2.29. The van der Waals surface area contributed by atoms with E-state index in [0.29, 0.717) is 17.2 Å². The van der Waals surface area contributed by atoms with Gasteiger partial charge in [-0.3, -0.25) is 4.79 Å². The van der Waals surface area contributed by atoms with Crippen LogP contribution in [-0.2, 0) is 14.3 Å². The molecular formula is C18H18BrNO5. The maximum absolute atomic E-state index is 11.9. The van der Waals surface area contributed by atoms with Crippen molar-refractivity contribution in [3.05, 3.63) is 53.0 Å². The van der Waals surface area contributed by atoms with E-state index in [1.165, 1.54) is 0 Å². The zero-order chi connectivity index (χ0) is 18.2. The Balaban J connectivity index is 1.77. The SMILES string of the molecule is COc1ccc(NC(=O)COC(=O)C(C)Oc2ccc(Br)cc2)cc1. The number of rotatable bonds is 7. The lowest BCUT2D eigenvalue weighted by atomic mass is 10.3. The molecule has 0 aliphatic carbocycles. The Morgan fingerprint density at radius 3 is 2.24 bits per heavy atom. The van der Waals surface area contributed by atoms with Crippen molar-refractivity contribution in [2.75, 3.05) is 19.0 Å². The van der Waals surface area contributed by atoms with Crippen LogP contribution in [0.15, 0.2) is 53.0 Å². The molecule has 2 aromatic rings. The van der Waals surface area contributed by atoms with Crippen molar-refractivity contribution in [1.29, 1.82) is 0 Å². The van der Waals surface area contributed by atoms with Gasteiger partial charge in [-0.2, -0.15) is 0 Å². The lowest BCUT2D eigenvalue weighted by Gasteiger charge is -2.14. The topological polar surface area (TPSA) is 73.9 Å². The third-order valence-electron chi connectivity index (χ3n) is 3.18. The molecule has 0 bridgehead atoms. The predicted octanol–water partition coefficient (Wildman–Crippen LogP) is 3.41. The summed E-state index contributed by atoms with van der Waals surface area (Å²) >= 11 is 3.32. The van der Waals surface area contributed by atoms with Crippen molar-refractivity contribution in [3.63, 3.8) is 0 Å². The number of hydrogen-bond donors (Lipinski definition) is 1. The minimum absolute atomic E-state index is 0.390. The van der Waals surface area contributed by atoms with Crippen molar-refractivity contribution < 1.29 is 23.8 Å². The average Bonchev–Trinajstić information content (AvgIpc) is 2.62. The Morgan fingerprint density at radius 2 is 1.64 bits per heavy atom. The first-order valence-corrected chi connectivity index (χ1v) is 8.30. The quantitative estimate of drug-likeness (QED) is 0.711. The van der Waals surface area contributed by atoms with E-state index in [1.807, 2.05) is 0 Å². The number of carbonyl (C=O) groups is 2. The fourth-order valence-corrected chi connectivity index (χ4v) is 2.16. The van der Waals surface area contributed by atoms with Crippen LogP contribution in [0.25, 0.3) is 0 Å². The molecule has 132 valence electrons. The van der Waals surface area contributed by atoms with Crippen molar-refractivity contribution in [3.8, 4) is 11.5 Å². The van der Waals surface area contributed by atoms with E-state index in [0.717, 1.165) is 4.47 Å². The molecule has 2 rings (SSSR count). The molecule has 0 aromatic heterocycles. The first kappa shape index (κ1) is 18.8. The van der Waals surface area contributed by atoms with Crippen molar-refractivity contribution >= 4 is 33.5 Å². The molecule has 7 heteroatoms. The van der Waals surface area contributed by atoms with Gasteiger partial charge in [0.05, 0.1) is 7.11 Å². The number of hydrogen-bond acceptors (Lipinski definition) is 5. The van der Waals surface area contributed by atoms with Crippen LogP contribution in [0.1, 0.15) is 6.92 Å². The third-order valence-corrected chi connectivity index (χ3v) is 3.71. The van der Waals surface area contributed by atoms with Gasteiger partial charge in [0.1, 0.15) is 11.5 Å². The van der Waals surface area contributed by atoms with Gasteiger partial charge in [-0.25, -0.2) is 4.79 Å². The number of esters is 1. The zero-order valence-corrected chi connectivity index (χ0v) is 15.4. The maximum atomic E-state index is 11.9. The molecule has 6 nitrogen and oxygen atoms in total. The molecule has 0 spiro atoms. The molecule has 0 saturated heterocycles. The molecule has 0 heterocycles.